The molecule has 2 rings (SSSR count). The van der Waals surface area contributed by atoms with Crippen LogP contribution in [0.25, 0.3) is 0 Å². The van der Waals surface area contributed by atoms with Gasteiger partial charge in [-0.2, -0.15) is 0 Å². The average molecular weight is 369 g/mol. The van der Waals surface area contributed by atoms with Gasteiger partial charge >= 0.3 is 0 Å². The van der Waals surface area contributed by atoms with Gasteiger partial charge in [0.2, 0.25) is 0 Å². The van der Waals surface area contributed by atoms with Crippen molar-refractivity contribution < 1.29 is 14.5 Å². The van der Waals surface area contributed by atoms with Gasteiger partial charge in [-0.25, -0.2) is 0 Å². The Labute approximate surface area is 158 Å². The lowest BCUT2D eigenvalue weighted by Gasteiger charge is -2.21. The molecule has 0 aliphatic heterocycles. The number of amides is 2. The smallest absolute Gasteiger partial charge is 0.270 e. The Balaban J connectivity index is 2.08. The van der Waals surface area contributed by atoms with Crippen LogP contribution in [0.3, 0.4) is 0 Å². The summed E-state index contributed by atoms with van der Waals surface area (Å²) < 4.78 is 0. The molecule has 0 aromatic heterocycles. The summed E-state index contributed by atoms with van der Waals surface area (Å²) in [6.07, 6.45) is 1.78. The molecule has 0 bridgehead atoms. The molecule has 0 aliphatic carbocycles. The van der Waals surface area contributed by atoms with Crippen LogP contribution in [-0.2, 0) is 0 Å². The lowest BCUT2D eigenvalue weighted by Crippen LogP contribution is -2.32. The highest BCUT2D eigenvalue weighted by atomic mass is 16.6. The monoisotopic (exact) mass is 369 g/mol. The zero-order chi connectivity index (χ0) is 19.8. The van der Waals surface area contributed by atoms with E-state index in [1.165, 1.54) is 24.3 Å². The van der Waals surface area contributed by atoms with Crippen LogP contribution in [0, 0.1) is 10.1 Å². The predicted molar refractivity (Wildman–Crippen MR) is 104 cm³/mol. The first-order valence-corrected chi connectivity index (χ1v) is 8.91. The highest BCUT2D eigenvalue weighted by Gasteiger charge is 2.15. The van der Waals surface area contributed by atoms with Gasteiger partial charge in [0, 0.05) is 42.0 Å². The molecule has 1 N–H and O–H groups in total. The van der Waals surface area contributed by atoms with Crippen molar-refractivity contribution >= 4 is 23.2 Å². The van der Waals surface area contributed by atoms with Crippen LogP contribution in [0.4, 0.5) is 11.4 Å². The number of hydrogen-bond acceptors (Lipinski definition) is 4. The van der Waals surface area contributed by atoms with Crippen molar-refractivity contribution in [1.29, 1.82) is 0 Å². The third-order valence-electron chi connectivity index (χ3n) is 3.98. The van der Waals surface area contributed by atoms with Crippen LogP contribution in [0.2, 0.25) is 0 Å². The molecule has 2 aromatic rings. The van der Waals surface area contributed by atoms with E-state index in [4.69, 9.17) is 0 Å². The van der Waals surface area contributed by atoms with Crippen molar-refractivity contribution in [3.8, 4) is 0 Å². The number of nitrogens with one attached hydrogen (secondary N) is 1. The molecule has 142 valence electrons. The van der Waals surface area contributed by atoms with Gasteiger partial charge in [0.1, 0.15) is 0 Å². The van der Waals surface area contributed by atoms with Gasteiger partial charge in [0.05, 0.1) is 4.92 Å². The van der Waals surface area contributed by atoms with Crippen molar-refractivity contribution in [2.75, 3.05) is 18.4 Å². The Morgan fingerprint density at radius 2 is 1.63 bits per heavy atom. The maximum atomic E-state index is 12.6. The molecule has 2 aromatic carbocycles. The first kappa shape index (κ1) is 20.1. The fraction of sp³-hybridized carbons (Fsp3) is 0.300. The van der Waals surface area contributed by atoms with E-state index in [1.54, 1.807) is 24.3 Å². The third kappa shape index (κ3) is 5.37. The Bertz CT molecular complexity index is 812. The molecule has 0 saturated heterocycles. The van der Waals surface area contributed by atoms with Crippen LogP contribution in [0.1, 0.15) is 47.4 Å². The minimum Gasteiger partial charge on any atom is -0.339 e. The summed E-state index contributed by atoms with van der Waals surface area (Å²) in [6, 6.07) is 12.2. The second-order valence-corrected chi connectivity index (χ2v) is 6.13. The molecule has 7 heteroatoms. The van der Waals surface area contributed by atoms with E-state index in [0.717, 1.165) is 12.8 Å². The first-order chi connectivity index (χ1) is 13.0. The summed E-state index contributed by atoms with van der Waals surface area (Å²) in [5.74, 6) is -0.480. The van der Waals surface area contributed by atoms with E-state index in [9.17, 15) is 19.7 Å². The lowest BCUT2D eigenvalue weighted by atomic mass is 10.1. The van der Waals surface area contributed by atoms with Crippen molar-refractivity contribution in [2.24, 2.45) is 0 Å². The number of carbonyl (C=O) groups is 2. The van der Waals surface area contributed by atoms with Crippen LogP contribution >= 0.6 is 0 Å². The number of hydrogen-bond donors (Lipinski definition) is 1. The maximum absolute atomic E-state index is 12.6. The number of anilines is 1. The Hall–Kier alpha value is -3.22. The molecule has 0 unspecified atom stereocenters. The van der Waals surface area contributed by atoms with Gasteiger partial charge in [-0.05, 0) is 43.2 Å². The highest BCUT2D eigenvalue weighted by Crippen LogP contribution is 2.16. The standard InChI is InChI=1S/C20H23N3O4/c1-3-12-22(13-4-2)20(25)15-8-10-17(11-9-15)21-19(24)16-6-5-7-18(14-16)23(26)27/h5-11,14H,3-4,12-13H2,1-2H3,(H,21,24). The fourth-order valence-corrected chi connectivity index (χ4v) is 2.70. The SMILES string of the molecule is CCCN(CCC)C(=O)c1ccc(NC(=O)c2cccc([N+](=O)[O-])c2)cc1. The molecular weight excluding hydrogens is 346 g/mol. The topological polar surface area (TPSA) is 92.6 Å². The number of carbonyl (C=O) groups excluding carboxylic acids is 2. The minimum atomic E-state index is -0.546. The second kappa shape index (κ2) is 9.47. The molecule has 0 spiro atoms. The van der Waals surface area contributed by atoms with E-state index in [2.05, 4.69) is 5.32 Å². The number of nitro benzene ring substituents is 1. The number of non-ortho nitro benzene ring substituents is 1. The average Bonchev–Trinajstić information content (AvgIpc) is 2.68. The van der Waals surface area contributed by atoms with Crippen LogP contribution in [0.15, 0.2) is 48.5 Å². The summed E-state index contributed by atoms with van der Waals surface area (Å²) in [5, 5.41) is 13.5. The molecular formula is C20H23N3O4. The number of nitro groups is 1. The first-order valence-electron chi connectivity index (χ1n) is 8.91. The minimum absolute atomic E-state index is 0.0322. The summed E-state index contributed by atoms with van der Waals surface area (Å²) in [5.41, 5.74) is 1.13. The predicted octanol–water partition coefficient (Wildman–Crippen LogP) is 4.11. The summed E-state index contributed by atoms with van der Waals surface area (Å²) >= 11 is 0. The Morgan fingerprint density at radius 1 is 1.00 bits per heavy atom. The molecule has 27 heavy (non-hydrogen) atoms. The summed E-state index contributed by atoms with van der Waals surface area (Å²) in [7, 11) is 0. The fourth-order valence-electron chi connectivity index (χ4n) is 2.70. The van der Waals surface area contributed by atoms with E-state index in [0.29, 0.717) is 24.3 Å². The number of rotatable bonds is 8. The summed E-state index contributed by atoms with van der Waals surface area (Å²) in [6.45, 7) is 5.47. The number of nitrogens with zero attached hydrogens (tertiary/aromatic N) is 2. The number of benzene rings is 2. The molecule has 2 amide bonds. The van der Waals surface area contributed by atoms with Gasteiger partial charge in [-0.3, -0.25) is 19.7 Å². The van der Waals surface area contributed by atoms with E-state index >= 15 is 0 Å². The van der Waals surface area contributed by atoms with E-state index in [1.807, 2.05) is 18.7 Å². The quantitative estimate of drug-likeness (QED) is 0.560. The van der Waals surface area contributed by atoms with Gasteiger partial charge < -0.3 is 10.2 Å². The Kier molecular flexibility index (Phi) is 7.05. The van der Waals surface area contributed by atoms with E-state index < -0.39 is 10.8 Å². The van der Waals surface area contributed by atoms with Crippen molar-refractivity contribution in [3.05, 3.63) is 69.8 Å². The zero-order valence-electron chi connectivity index (χ0n) is 15.5. The second-order valence-electron chi connectivity index (χ2n) is 6.13. The largest absolute Gasteiger partial charge is 0.339 e. The molecule has 0 heterocycles. The van der Waals surface area contributed by atoms with Gasteiger partial charge in [0.25, 0.3) is 17.5 Å². The Morgan fingerprint density at radius 3 is 2.19 bits per heavy atom. The third-order valence-corrected chi connectivity index (χ3v) is 3.98. The van der Waals surface area contributed by atoms with Crippen molar-refractivity contribution in [3.63, 3.8) is 0 Å². The summed E-state index contributed by atoms with van der Waals surface area (Å²) in [4.78, 5) is 36.9. The van der Waals surface area contributed by atoms with E-state index in [-0.39, 0.29) is 17.2 Å². The molecule has 0 radical (unpaired) electrons. The van der Waals surface area contributed by atoms with Gasteiger partial charge in [-0.15, -0.1) is 0 Å². The van der Waals surface area contributed by atoms with Gasteiger partial charge in [-0.1, -0.05) is 19.9 Å². The van der Waals surface area contributed by atoms with Crippen molar-refractivity contribution in [1.82, 2.24) is 4.90 Å². The highest BCUT2D eigenvalue weighted by molar-refractivity contribution is 6.05. The molecule has 0 atom stereocenters. The van der Waals surface area contributed by atoms with Crippen LogP contribution in [0.5, 0.6) is 0 Å². The molecule has 7 nitrogen and oxygen atoms in total. The zero-order valence-corrected chi connectivity index (χ0v) is 15.5. The molecule has 0 fully saturated rings. The molecule has 0 saturated carbocycles. The molecule has 0 aliphatic rings. The lowest BCUT2D eigenvalue weighted by molar-refractivity contribution is -0.384. The maximum Gasteiger partial charge on any atom is 0.270 e. The van der Waals surface area contributed by atoms with Crippen molar-refractivity contribution in [2.45, 2.75) is 26.7 Å². The normalized spacial score (nSPS) is 10.3. The van der Waals surface area contributed by atoms with Crippen LogP contribution < -0.4 is 5.32 Å². The van der Waals surface area contributed by atoms with Gasteiger partial charge in [0.15, 0.2) is 0 Å². The van der Waals surface area contributed by atoms with Crippen LogP contribution in [-0.4, -0.2) is 34.7 Å².